The molecule has 0 saturated heterocycles. The van der Waals surface area contributed by atoms with Crippen LogP contribution in [0.15, 0.2) is 41.1 Å². The van der Waals surface area contributed by atoms with Gasteiger partial charge in [0.05, 0.1) is 11.3 Å². The van der Waals surface area contributed by atoms with Crippen LogP contribution in [0.25, 0.3) is 0 Å². The van der Waals surface area contributed by atoms with E-state index in [0.717, 1.165) is 0 Å². The average Bonchev–Trinajstić information content (AvgIpc) is 3.02. The molecule has 0 fully saturated rings. The lowest BCUT2D eigenvalue weighted by Crippen LogP contribution is -2.56. The Hall–Kier alpha value is -1.25. The van der Waals surface area contributed by atoms with Crippen molar-refractivity contribution < 1.29 is 9.21 Å². The van der Waals surface area contributed by atoms with Crippen LogP contribution in [0.3, 0.4) is 0 Å². The number of furan rings is 1. The average molecular weight is 428 g/mol. The molecule has 2 aromatic heterocycles. The van der Waals surface area contributed by atoms with Crippen molar-refractivity contribution >= 4 is 75.5 Å². The van der Waals surface area contributed by atoms with Crippen molar-refractivity contribution in [2.75, 3.05) is 5.32 Å². The molecular weight excluding hydrogens is 418 g/mol. The van der Waals surface area contributed by atoms with Gasteiger partial charge in [-0.2, -0.15) is 0 Å². The number of anilines is 1. The van der Waals surface area contributed by atoms with Crippen LogP contribution in [0.2, 0.25) is 5.02 Å². The van der Waals surface area contributed by atoms with Crippen molar-refractivity contribution in [3.63, 3.8) is 0 Å². The van der Waals surface area contributed by atoms with Gasteiger partial charge in [0.1, 0.15) is 12.0 Å². The number of halogens is 4. The SMILES string of the molecule is O=C(N[C@H](NC(=S)Nc1ccc(Cl)cn1)C(Cl)(Cl)Cl)c1ccco1. The first-order chi connectivity index (χ1) is 11.3. The van der Waals surface area contributed by atoms with Gasteiger partial charge in [-0.25, -0.2) is 4.98 Å². The summed E-state index contributed by atoms with van der Waals surface area (Å²) in [7, 11) is 0. The second-order valence-electron chi connectivity index (χ2n) is 4.39. The molecular formula is C13H10Cl4N4O2S. The van der Waals surface area contributed by atoms with Crippen molar-refractivity contribution in [1.29, 1.82) is 0 Å². The Morgan fingerprint density at radius 1 is 1.25 bits per heavy atom. The van der Waals surface area contributed by atoms with E-state index in [2.05, 4.69) is 20.9 Å². The maximum atomic E-state index is 12.0. The minimum atomic E-state index is -1.87. The fourth-order valence-electron chi connectivity index (χ4n) is 1.54. The van der Waals surface area contributed by atoms with Gasteiger partial charge in [0.25, 0.3) is 5.91 Å². The molecule has 2 aromatic rings. The van der Waals surface area contributed by atoms with Gasteiger partial charge in [0.15, 0.2) is 10.9 Å². The lowest BCUT2D eigenvalue weighted by molar-refractivity contribution is 0.0906. The summed E-state index contributed by atoms with van der Waals surface area (Å²) < 4.78 is 3.11. The highest BCUT2D eigenvalue weighted by molar-refractivity contribution is 7.80. The molecule has 0 unspecified atom stereocenters. The molecule has 0 aliphatic carbocycles. The van der Waals surface area contributed by atoms with E-state index in [-0.39, 0.29) is 10.9 Å². The summed E-state index contributed by atoms with van der Waals surface area (Å²) in [6.45, 7) is 0. The van der Waals surface area contributed by atoms with Crippen molar-refractivity contribution in [2.24, 2.45) is 0 Å². The van der Waals surface area contributed by atoms with Crippen LogP contribution >= 0.6 is 58.6 Å². The van der Waals surface area contributed by atoms with Crippen LogP contribution in [0.1, 0.15) is 10.6 Å². The lowest BCUT2D eigenvalue weighted by atomic mass is 10.4. The largest absolute Gasteiger partial charge is 0.459 e. The topological polar surface area (TPSA) is 79.2 Å². The molecule has 2 heterocycles. The highest BCUT2D eigenvalue weighted by Crippen LogP contribution is 2.29. The van der Waals surface area contributed by atoms with E-state index >= 15 is 0 Å². The molecule has 0 radical (unpaired) electrons. The molecule has 0 bridgehead atoms. The zero-order valence-corrected chi connectivity index (χ0v) is 15.6. The molecule has 0 aromatic carbocycles. The Kier molecular flexibility index (Phi) is 6.54. The molecule has 0 saturated carbocycles. The quantitative estimate of drug-likeness (QED) is 0.391. The smallest absolute Gasteiger partial charge is 0.288 e. The molecule has 1 atom stereocenters. The number of aromatic nitrogens is 1. The first-order valence-electron chi connectivity index (χ1n) is 6.36. The molecule has 0 aliphatic heterocycles. The number of rotatable bonds is 4. The van der Waals surface area contributed by atoms with Gasteiger partial charge in [0.2, 0.25) is 3.79 Å². The van der Waals surface area contributed by atoms with Gasteiger partial charge >= 0.3 is 0 Å². The van der Waals surface area contributed by atoms with E-state index in [9.17, 15) is 4.79 Å². The van der Waals surface area contributed by atoms with Gasteiger partial charge in [-0.15, -0.1) is 0 Å². The molecule has 128 valence electrons. The normalized spacial score (nSPS) is 12.3. The van der Waals surface area contributed by atoms with Crippen LogP contribution in [-0.4, -0.2) is 26.0 Å². The first kappa shape index (κ1) is 19.1. The van der Waals surface area contributed by atoms with E-state index in [4.69, 9.17) is 63.0 Å². The van der Waals surface area contributed by atoms with Crippen LogP contribution in [0.4, 0.5) is 5.82 Å². The van der Waals surface area contributed by atoms with Crippen molar-refractivity contribution in [2.45, 2.75) is 9.96 Å². The predicted molar refractivity (Wildman–Crippen MR) is 98.9 cm³/mol. The summed E-state index contributed by atoms with van der Waals surface area (Å²) in [4.78, 5) is 16.0. The molecule has 3 N–H and O–H groups in total. The second kappa shape index (κ2) is 8.22. The Labute approximate surface area is 162 Å². The standard InChI is InChI=1S/C13H10Cl4N4O2S/c14-7-3-4-9(18-6-7)19-12(24)21-11(13(15,16)17)20-10(22)8-2-1-5-23-8/h1-6,11H,(H,20,22)(H2,18,19,21,24)/t11-/m1/s1. The monoisotopic (exact) mass is 426 g/mol. The summed E-state index contributed by atoms with van der Waals surface area (Å²) in [5.74, 6) is -0.0807. The number of thiocarbonyl (C=S) groups is 1. The van der Waals surface area contributed by atoms with Crippen molar-refractivity contribution in [3.05, 3.63) is 47.5 Å². The lowest BCUT2D eigenvalue weighted by Gasteiger charge is -2.27. The second-order valence-corrected chi connectivity index (χ2v) is 7.60. The summed E-state index contributed by atoms with van der Waals surface area (Å²) in [5, 5.41) is 8.51. The number of alkyl halides is 3. The Morgan fingerprint density at radius 2 is 2.00 bits per heavy atom. The van der Waals surface area contributed by atoms with E-state index < -0.39 is 15.9 Å². The zero-order valence-electron chi connectivity index (χ0n) is 11.7. The van der Waals surface area contributed by atoms with E-state index in [1.54, 1.807) is 18.2 Å². The number of hydrogen-bond donors (Lipinski definition) is 3. The van der Waals surface area contributed by atoms with Crippen LogP contribution < -0.4 is 16.0 Å². The minimum absolute atomic E-state index is 0.0642. The van der Waals surface area contributed by atoms with Gasteiger partial charge in [0, 0.05) is 6.20 Å². The van der Waals surface area contributed by atoms with Crippen molar-refractivity contribution in [3.8, 4) is 0 Å². The maximum Gasteiger partial charge on any atom is 0.288 e. The van der Waals surface area contributed by atoms with Crippen LogP contribution in [-0.2, 0) is 0 Å². The molecule has 11 heteroatoms. The summed E-state index contributed by atoms with van der Waals surface area (Å²) >= 11 is 28.5. The number of nitrogens with zero attached hydrogens (tertiary/aromatic N) is 1. The number of pyridine rings is 1. The minimum Gasteiger partial charge on any atom is -0.459 e. The number of carbonyl (C=O) groups excluding carboxylic acids is 1. The Balaban J connectivity index is 2.01. The third kappa shape index (κ3) is 5.68. The molecule has 2 rings (SSSR count). The van der Waals surface area contributed by atoms with Gasteiger partial charge in [-0.3, -0.25) is 4.79 Å². The maximum absolute atomic E-state index is 12.0. The van der Waals surface area contributed by atoms with Gasteiger partial charge < -0.3 is 20.4 Å². The van der Waals surface area contributed by atoms with E-state index in [1.807, 2.05) is 0 Å². The summed E-state index contributed by atoms with van der Waals surface area (Å²) in [6, 6.07) is 6.27. The summed E-state index contributed by atoms with van der Waals surface area (Å²) in [5.41, 5.74) is 0. The fourth-order valence-corrected chi connectivity index (χ4v) is 2.20. The van der Waals surface area contributed by atoms with E-state index in [0.29, 0.717) is 10.8 Å². The fraction of sp³-hybridized carbons (Fsp3) is 0.154. The highest BCUT2D eigenvalue weighted by Gasteiger charge is 2.35. The first-order valence-corrected chi connectivity index (χ1v) is 8.28. The number of carbonyl (C=O) groups is 1. The number of amides is 1. The highest BCUT2D eigenvalue weighted by atomic mass is 35.6. The number of hydrogen-bond acceptors (Lipinski definition) is 4. The molecule has 0 aliphatic rings. The molecule has 0 spiro atoms. The predicted octanol–water partition coefficient (Wildman–Crippen LogP) is 3.74. The summed E-state index contributed by atoms with van der Waals surface area (Å²) in [6.07, 6.45) is 1.68. The molecule has 24 heavy (non-hydrogen) atoms. The zero-order chi connectivity index (χ0) is 17.7. The molecule has 6 nitrogen and oxygen atoms in total. The third-order valence-corrected chi connectivity index (χ3v) is 3.69. The third-order valence-electron chi connectivity index (χ3n) is 2.59. The van der Waals surface area contributed by atoms with E-state index in [1.165, 1.54) is 18.5 Å². The van der Waals surface area contributed by atoms with Gasteiger partial charge in [-0.1, -0.05) is 46.4 Å². The Morgan fingerprint density at radius 3 is 2.54 bits per heavy atom. The van der Waals surface area contributed by atoms with Crippen LogP contribution in [0.5, 0.6) is 0 Å². The van der Waals surface area contributed by atoms with Crippen molar-refractivity contribution in [1.82, 2.24) is 15.6 Å². The van der Waals surface area contributed by atoms with Gasteiger partial charge in [-0.05, 0) is 36.5 Å². The number of nitrogens with one attached hydrogen (secondary N) is 3. The molecule has 1 amide bonds. The van der Waals surface area contributed by atoms with Crippen LogP contribution in [0, 0.1) is 0 Å². The Bertz CT molecular complexity index is 704.